The van der Waals surface area contributed by atoms with Crippen molar-refractivity contribution in [2.75, 3.05) is 6.54 Å². The van der Waals surface area contributed by atoms with Crippen LogP contribution in [0.4, 0.5) is 0 Å². The first-order chi connectivity index (χ1) is 8.20. The Morgan fingerprint density at radius 3 is 3.00 bits per heavy atom. The Kier molecular flexibility index (Phi) is 4.45. The first kappa shape index (κ1) is 12.9. The molecule has 0 amide bonds. The van der Waals surface area contributed by atoms with Crippen LogP contribution >= 0.6 is 11.8 Å². The lowest BCUT2D eigenvalue weighted by molar-refractivity contribution is 0.320. The summed E-state index contributed by atoms with van der Waals surface area (Å²) in [5.41, 5.74) is 0. The summed E-state index contributed by atoms with van der Waals surface area (Å²) in [6.45, 7) is 5.59. The number of nitrogens with zero attached hydrogens (tertiary/aromatic N) is 3. The van der Waals surface area contributed by atoms with E-state index in [9.17, 15) is 0 Å². The number of nitrogens with one attached hydrogen (secondary N) is 1. The Morgan fingerprint density at radius 1 is 1.53 bits per heavy atom. The SMILES string of the molecule is CCNC1CCC(C)CC1Sc1nncn1C. The van der Waals surface area contributed by atoms with Gasteiger partial charge in [0.1, 0.15) is 6.33 Å². The van der Waals surface area contributed by atoms with Crippen molar-refractivity contribution in [1.29, 1.82) is 0 Å². The molecule has 0 spiro atoms. The third-order valence-electron chi connectivity index (χ3n) is 3.45. The zero-order valence-corrected chi connectivity index (χ0v) is 11.7. The average molecular weight is 254 g/mol. The van der Waals surface area contributed by atoms with Gasteiger partial charge in [-0.2, -0.15) is 0 Å². The van der Waals surface area contributed by atoms with E-state index in [2.05, 4.69) is 29.4 Å². The molecule has 4 nitrogen and oxygen atoms in total. The average Bonchev–Trinajstić information content (AvgIpc) is 2.69. The number of aryl methyl sites for hydroxylation is 1. The highest BCUT2D eigenvalue weighted by Gasteiger charge is 2.29. The van der Waals surface area contributed by atoms with Crippen LogP contribution in [0.2, 0.25) is 0 Å². The summed E-state index contributed by atoms with van der Waals surface area (Å²) in [5.74, 6) is 0.829. The van der Waals surface area contributed by atoms with Gasteiger partial charge in [0.25, 0.3) is 0 Å². The van der Waals surface area contributed by atoms with Crippen molar-refractivity contribution in [3.05, 3.63) is 6.33 Å². The Bertz CT molecular complexity index is 352. The number of aromatic nitrogens is 3. The molecule has 0 aromatic carbocycles. The van der Waals surface area contributed by atoms with Crippen LogP contribution in [0.5, 0.6) is 0 Å². The molecule has 1 heterocycles. The molecular weight excluding hydrogens is 232 g/mol. The van der Waals surface area contributed by atoms with Crippen LogP contribution in [0.3, 0.4) is 0 Å². The predicted molar refractivity (Wildman–Crippen MR) is 71.1 cm³/mol. The van der Waals surface area contributed by atoms with E-state index in [0.29, 0.717) is 11.3 Å². The van der Waals surface area contributed by atoms with Crippen molar-refractivity contribution in [3.8, 4) is 0 Å². The maximum atomic E-state index is 4.18. The van der Waals surface area contributed by atoms with Crippen molar-refractivity contribution < 1.29 is 0 Å². The lowest BCUT2D eigenvalue weighted by atomic mass is 9.87. The largest absolute Gasteiger partial charge is 0.313 e. The smallest absolute Gasteiger partial charge is 0.191 e. The van der Waals surface area contributed by atoms with Crippen molar-refractivity contribution >= 4 is 11.8 Å². The molecule has 1 aliphatic rings. The van der Waals surface area contributed by atoms with Gasteiger partial charge >= 0.3 is 0 Å². The van der Waals surface area contributed by atoms with E-state index in [4.69, 9.17) is 0 Å². The molecule has 0 radical (unpaired) electrons. The Hall–Kier alpha value is -0.550. The van der Waals surface area contributed by atoms with E-state index in [1.54, 1.807) is 6.33 Å². The second-order valence-electron chi connectivity index (χ2n) is 4.96. The van der Waals surface area contributed by atoms with Gasteiger partial charge in [0.05, 0.1) is 0 Å². The molecule has 96 valence electrons. The quantitative estimate of drug-likeness (QED) is 0.893. The molecule has 0 aliphatic heterocycles. The summed E-state index contributed by atoms with van der Waals surface area (Å²) in [5, 5.41) is 13.4. The minimum atomic E-state index is 0.623. The zero-order valence-electron chi connectivity index (χ0n) is 10.9. The van der Waals surface area contributed by atoms with Crippen LogP contribution in [0.15, 0.2) is 11.5 Å². The van der Waals surface area contributed by atoms with Gasteiger partial charge in [0, 0.05) is 18.3 Å². The summed E-state index contributed by atoms with van der Waals surface area (Å²) < 4.78 is 2.01. The van der Waals surface area contributed by atoms with E-state index >= 15 is 0 Å². The molecule has 5 heteroatoms. The summed E-state index contributed by atoms with van der Waals surface area (Å²) in [6.07, 6.45) is 5.67. The second kappa shape index (κ2) is 5.87. The Morgan fingerprint density at radius 2 is 2.35 bits per heavy atom. The van der Waals surface area contributed by atoms with Crippen LogP contribution < -0.4 is 5.32 Å². The molecule has 0 bridgehead atoms. The summed E-state index contributed by atoms with van der Waals surface area (Å²) in [6, 6.07) is 0.623. The van der Waals surface area contributed by atoms with Gasteiger partial charge in [-0.1, -0.05) is 25.6 Å². The lowest BCUT2D eigenvalue weighted by Gasteiger charge is -2.34. The number of rotatable bonds is 4. The molecule has 1 N–H and O–H groups in total. The van der Waals surface area contributed by atoms with Crippen molar-refractivity contribution in [1.82, 2.24) is 20.1 Å². The van der Waals surface area contributed by atoms with Crippen LogP contribution in [0.25, 0.3) is 0 Å². The minimum Gasteiger partial charge on any atom is -0.313 e. The topological polar surface area (TPSA) is 42.7 Å². The van der Waals surface area contributed by atoms with Gasteiger partial charge < -0.3 is 9.88 Å². The van der Waals surface area contributed by atoms with Crippen molar-refractivity contribution in [3.63, 3.8) is 0 Å². The lowest BCUT2D eigenvalue weighted by Crippen LogP contribution is -2.42. The third kappa shape index (κ3) is 3.22. The molecule has 1 aliphatic carbocycles. The van der Waals surface area contributed by atoms with Crippen molar-refractivity contribution in [2.24, 2.45) is 13.0 Å². The first-order valence-electron chi connectivity index (χ1n) is 6.44. The maximum Gasteiger partial charge on any atom is 0.191 e. The zero-order chi connectivity index (χ0) is 12.3. The summed E-state index contributed by atoms with van der Waals surface area (Å²) in [4.78, 5) is 0. The van der Waals surface area contributed by atoms with Gasteiger partial charge in [-0.3, -0.25) is 0 Å². The van der Waals surface area contributed by atoms with E-state index in [-0.39, 0.29) is 0 Å². The Balaban J connectivity index is 2.02. The molecule has 1 aromatic heterocycles. The third-order valence-corrected chi connectivity index (χ3v) is 4.85. The van der Waals surface area contributed by atoms with Crippen LogP contribution in [-0.4, -0.2) is 32.6 Å². The fraction of sp³-hybridized carbons (Fsp3) is 0.833. The molecule has 3 unspecified atom stereocenters. The normalized spacial score (nSPS) is 29.5. The maximum absolute atomic E-state index is 4.18. The van der Waals surface area contributed by atoms with Crippen molar-refractivity contribution in [2.45, 2.75) is 49.6 Å². The summed E-state index contributed by atoms with van der Waals surface area (Å²) >= 11 is 1.88. The van der Waals surface area contributed by atoms with E-state index in [0.717, 1.165) is 17.6 Å². The standard InChI is InChI=1S/C12H22N4S/c1-4-13-10-6-5-9(2)7-11(10)17-12-15-14-8-16(12)3/h8-11,13H,4-7H2,1-3H3. The fourth-order valence-corrected chi connectivity index (χ4v) is 3.87. The van der Waals surface area contributed by atoms with Gasteiger partial charge in [0.15, 0.2) is 5.16 Å². The molecular formula is C12H22N4S. The number of hydrogen-bond acceptors (Lipinski definition) is 4. The highest BCUT2D eigenvalue weighted by molar-refractivity contribution is 7.99. The van der Waals surface area contributed by atoms with Crippen LogP contribution in [0.1, 0.15) is 33.1 Å². The molecule has 1 fully saturated rings. The monoisotopic (exact) mass is 254 g/mol. The number of hydrogen-bond donors (Lipinski definition) is 1. The highest BCUT2D eigenvalue weighted by Crippen LogP contribution is 2.35. The van der Waals surface area contributed by atoms with Gasteiger partial charge in [0.2, 0.25) is 0 Å². The van der Waals surface area contributed by atoms with Crippen LogP contribution in [0, 0.1) is 5.92 Å². The predicted octanol–water partition coefficient (Wildman–Crippen LogP) is 2.07. The molecule has 17 heavy (non-hydrogen) atoms. The van der Waals surface area contributed by atoms with E-state index in [1.165, 1.54) is 19.3 Å². The second-order valence-corrected chi connectivity index (χ2v) is 6.17. The van der Waals surface area contributed by atoms with E-state index < -0.39 is 0 Å². The molecule has 1 saturated carbocycles. The van der Waals surface area contributed by atoms with Gasteiger partial charge in [-0.05, 0) is 31.7 Å². The highest BCUT2D eigenvalue weighted by atomic mass is 32.2. The molecule has 1 aromatic rings. The Labute approximate surface area is 108 Å². The van der Waals surface area contributed by atoms with Gasteiger partial charge in [-0.25, -0.2) is 0 Å². The minimum absolute atomic E-state index is 0.623. The first-order valence-corrected chi connectivity index (χ1v) is 7.32. The molecule has 0 saturated heterocycles. The van der Waals surface area contributed by atoms with Crippen LogP contribution in [-0.2, 0) is 7.05 Å². The van der Waals surface area contributed by atoms with Gasteiger partial charge in [-0.15, -0.1) is 10.2 Å². The molecule has 3 atom stereocenters. The summed E-state index contributed by atoms with van der Waals surface area (Å²) in [7, 11) is 2.01. The fourth-order valence-electron chi connectivity index (χ4n) is 2.47. The molecule has 2 rings (SSSR count). The van der Waals surface area contributed by atoms with E-state index in [1.807, 2.05) is 23.4 Å². The number of thioether (sulfide) groups is 1.